The first-order valence-electron chi connectivity index (χ1n) is 8.20. The van der Waals surface area contributed by atoms with E-state index in [4.69, 9.17) is 0 Å². The number of hydrogen-bond acceptors (Lipinski definition) is 2. The molecule has 1 fully saturated rings. The van der Waals surface area contributed by atoms with E-state index >= 15 is 0 Å². The van der Waals surface area contributed by atoms with E-state index < -0.39 is 12.8 Å². The minimum atomic E-state index is -4.30. The number of alkyl halides is 3. The molecule has 1 aliphatic rings. The lowest BCUT2D eigenvalue weighted by atomic mass is 9.95. The highest BCUT2D eigenvalue weighted by Gasteiger charge is 2.45. The minimum Gasteiger partial charge on any atom is -0.372 e. The quantitative estimate of drug-likeness (QED) is 0.324. The fraction of sp³-hybridized carbons (Fsp3) is 0.588. The maximum atomic E-state index is 14.0. The molecule has 140 valence electrons. The number of rotatable bonds is 8. The van der Waals surface area contributed by atoms with Crippen LogP contribution in [-0.4, -0.2) is 45.5 Å². The van der Waals surface area contributed by atoms with Crippen LogP contribution in [0.15, 0.2) is 29.3 Å². The van der Waals surface area contributed by atoms with Gasteiger partial charge in [-0.05, 0) is 30.9 Å². The van der Waals surface area contributed by atoms with Gasteiger partial charge in [-0.1, -0.05) is 18.2 Å². The molecule has 1 aromatic rings. The second kappa shape index (κ2) is 8.51. The third-order valence-corrected chi connectivity index (χ3v) is 4.14. The summed E-state index contributed by atoms with van der Waals surface area (Å²) in [6.07, 6.45) is -2.06. The Labute approximate surface area is 144 Å². The Hall–Kier alpha value is -1.83. The highest BCUT2D eigenvalue weighted by Crippen LogP contribution is 2.48. The van der Waals surface area contributed by atoms with E-state index in [0.717, 1.165) is 12.8 Å². The third-order valence-electron chi connectivity index (χ3n) is 4.14. The molecule has 0 aromatic heterocycles. The molecule has 0 heterocycles. The number of hydrogen-bond donors (Lipinski definition) is 2. The maximum absolute atomic E-state index is 14.0. The number of nitrogens with zero attached hydrogens (tertiary/aromatic N) is 1. The molecule has 0 unspecified atom stereocenters. The normalized spacial score (nSPS) is 16.6. The largest absolute Gasteiger partial charge is 0.411 e. The number of ether oxygens (including phenoxy) is 1. The molecule has 2 rings (SSSR count). The summed E-state index contributed by atoms with van der Waals surface area (Å²) >= 11 is 0. The minimum absolute atomic E-state index is 0.0165. The van der Waals surface area contributed by atoms with Gasteiger partial charge in [-0.15, -0.1) is 0 Å². The van der Waals surface area contributed by atoms with Gasteiger partial charge in [-0.25, -0.2) is 4.39 Å². The molecule has 1 aromatic carbocycles. The van der Waals surface area contributed by atoms with Gasteiger partial charge in [0.1, 0.15) is 12.4 Å². The first-order chi connectivity index (χ1) is 11.9. The van der Waals surface area contributed by atoms with Crippen molar-refractivity contribution in [2.24, 2.45) is 4.99 Å². The summed E-state index contributed by atoms with van der Waals surface area (Å²) < 4.78 is 54.3. The van der Waals surface area contributed by atoms with Crippen molar-refractivity contribution in [1.29, 1.82) is 0 Å². The fourth-order valence-corrected chi connectivity index (χ4v) is 2.63. The summed E-state index contributed by atoms with van der Waals surface area (Å²) in [6.45, 7) is -0.226. The smallest absolute Gasteiger partial charge is 0.372 e. The molecule has 1 saturated carbocycles. The van der Waals surface area contributed by atoms with Crippen LogP contribution in [0.4, 0.5) is 17.6 Å². The van der Waals surface area contributed by atoms with Gasteiger partial charge in [0, 0.05) is 32.2 Å². The van der Waals surface area contributed by atoms with Gasteiger partial charge in [-0.2, -0.15) is 13.2 Å². The average Bonchev–Trinajstić information content (AvgIpc) is 3.34. The van der Waals surface area contributed by atoms with Gasteiger partial charge >= 0.3 is 6.18 Å². The highest BCUT2D eigenvalue weighted by molar-refractivity contribution is 5.79. The molecular formula is C17H23F4N3O. The zero-order valence-corrected chi connectivity index (χ0v) is 14.1. The molecule has 0 aliphatic heterocycles. The first-order valence-corrected chi connectivity index (χ1v) is 8.20. The van der Waals surface area contributed by atoms with Crippen LogP contribution in [-0.2, 0) is 10.2 Å². The van der Waals surface area contributed by atoms with Crippen LogP contribution >= 0.6 is 0 Å². The van der Waals surface area contributed by atoms with Crippen LogP contribution in [0.1, 0.15) is 24.8 Å². The van der Waals surface area contributed by atoms with Gasteiger partial charge in [0.15, 0.2) is 5.96 Å². The molecule has 1 aliphatic carbocycles. The van der Waals surface area contributed by atoms with Crippen molar-refractivity contribution in [3.05, 3.63) is 35.6 Å². The first kappa shape index (κ1) is 19.5. The van der Waals surface area contributed by atoms with Crippen molar-refractivity contribution in [2.75, 3.05) is 33.4 Å². The third kappa shape index (κ3) is 6.19. The van der Waals surface area contributed by atoms with E-state index in [9.17, 15) is 17.6 Å². The van der Waals surface area contributed by atoms with Gasteiger partial charge in [0.2, 0.25) is 0 Å². The molecule has 4 nitrogen and oxygen atoms in total. The highest BCUT2D eigenvalue weighted by atomic mass is 19.4. The Bertz CT molecular complexity index is 586. The Kier molecular flexibility index (Phi) is 6.64. The van der Waals surface area contributed by atoms with Gasteiger partial charge in [-0.3, -0.25) is 4.99 Å². The summed E-state index contributed by atoms with van der Waals surface area (Å²) in [5.41, 5.74) is 0.497. The van der Waals surface area contributed by atoms with E-state index in [0.29, 0.717) is 31.0 Å². The van der Waals surface area contributed by atoms with Gasteiger partial charge in [0.05, 0.1) is 0 Å². The lowest BCUT2D eigenvalue weighted by molar-refractivity contribution is -0.173. The molecule has 2 N–H and O–H groups in total. The van der Waals surface area contributed by atoms with Crippen LogP contribution in [0.3, 0.4) is 0 Å². The van der Waals surface area contributed by atoms with Crippen LogP contribution in [0.5, 0.6) is 0 Å². The van der Waals surface area contributed by atoms with Crippen molar-refractivity contribution in [2.45, 2.75) is 30.9 Å². The monoisotopic (exact) mass is 361 g/mol. The Morgan fingerprint density at radius 1 is 1.24 bits per heavy atom. The summed E-state index contributed by atoms with van der Waals surface area (Å²) in [5.74, 6) is 0.338. The molecule has 0 saturated heterocycles. The number of halogens is 4. The molecule has 0 radical (unpaired) electrons. The fourth-order valence-electron chi connectivity index (χ4n) is 2.63. The van der Waals surface area contributed by atoms with Crippen LogP contribution < -0.4 is 10.6 Å². The molecule has 0 bridgehead atoms. The topological polar surface area (TPSA) is 45.7 Å². The van der Waals surface area contributed by atoms with Crippen molar-refractivity contribution in [1.82, 2.24) is 10.6 Å². The van der Waals surface area contributed by atoms with Gasteiger partial charge < -0.3 is 15.4 Å². The van der Waals surface area contributed by atoms with Crippen molar-refractivity contribution in [3.8, 4) is 0 Å². The van der Waals surface area contributed by atoms with Crippen molar-refractivity contribution < 1.29 is 22.3 Å². The standard InChI is InChI=1S/C17H23F4N3O/c1-22-15(23-9-4-10-25-12-17(19,20)21)24-11-16(7-8-16)13-5-2-3-6-14(13)18/h2-3,5-6H,4,7-12H2,1H3,(H2,22,23,24). The second-order valence-electron chi connectivity index (χ2n) is 6.13. The Morgan fingerprint density at radius 2 is 1.96 bits per heavy atom. The number of benzene rings is 1. The summed E-state index contributed by atoms with van der Waals surface area (Å²) in [4.78, 5) is 4.07. The van der Waals surface area contributed by atoms with Crippen molar-refractivity contribution in [3.63, 3.8) is 0 Å². The predicted molar refractivity (Wildman–Crippen MR) is 88.2 cm³/mol. The number of guanidine groups is 1. The average molecular weight is 361 g/mol. The zero-order valence-electron chi connectivity index (χ0n) is 14.1. The Morgan fingerprint density at radius 3 is 2.56 bits per heavy atom. The molecule has 0 amide bonds. The number of nitrogens with one attached hydrogen (secondary N) is 2. The summed E-state index contributed by atoms with van der Waals surface area (Å²) in [6, 6.07) is 6.76. The molecule has 0 spiro atoms. The van der Waals surface area contributed by atoms with Crippen LogP contribution in [0.25, 0.3) is 0 Å². The lowest BCUT2D eigenvalue weighted by Crippen LogP contribution is -2.42. The number of aliphatic imine (C=N–C) groups is 1. The van der Waals surface area contributed by atoms with Crippen molar-refractivity contribution >= 4 is 5.96 Å². The van der Waals surface area contributed by atoms with E-state index in [1.807, 2.05) is 6.07 Å². The van der Waals surface area contributed by atoms with E-state index in [1.54, 1.807) is 19.2 Å². The van der Waals surface area contributed by atoms with Crippen LogP contribution in [0, 0.1) is 5.82 Å². The zero-order chi connectivity index (χ0) is 18.3. The SMILES string of the molecule is CN=C(NCCCOCC(F)(F)F)NCC1(c2ccccc2F)CC1. The van der Waals surface area contributed by atoms with Crippen LogP contribution in [0.2, 0.25) is 0 Å². The predicted octanol–water partition coefficient (Wildman–Crippen LogP) is 2.99. The molecular weight excluding hydrogens is 338 g/mol. The van der Waals surface area contributed by atoms with E-state index in [2.05, 4.69) is 20.4 Å². The Balaban J connectivity index is 1.70. The molecule has 0 atom stereocenters. The van der Waals surface area contributed by atoms with E-state index in [1.165, 1.54) is 6.07 Å². The summed E-state index contributed by atoms with van der Waals surface area (Å²) in [7, 11) is 1.61. The summed E-state index contributed by atoms with van der Waals surface area (Å²) in [5, 5.41) is 6.18. The molecule has 25 heavy (non-hydrogen) atoms. The lowest BCUT2D eigenvalue weighted by Gasteiger charge is -2.19. The second-order valence-corrected chi connectivity index (χ2v) is 6.13. The van der Waals surface area contributed by atoms with Gasteiger partial charge in [0.25, 0.3) is 0 Å². The van der Waals surface area contributed by atoms with E-state index in [-0.39, 0.29) is 17.8 Å². The maximum Gasteiger partial charge on any atom is 0.411 e. The molecule has 8 heteroatoms.